The number of hydrogen-bond acceptors (Lipinski definition) is 6. The first kappa shape index (κ1) is 47.2. The summed E-state index contributed by atoms with van der Waals surface area (Å²) in [5, 5.41) is 0. The highest BCUT2D eigenvalue weighted by atomic mass is 31.2. The van der Waals surface area contributed by atoms with Crippen LogP contribution < -0.4 is 0 Å². The van der Waals surface area contributed by atoms with Crippen molar-refractivity contribution >= 4 is 19.8 Å². The smallest absolute Gasteiger partial charge is 0.458 e. The number of carbonyl (C=O) groups excluding carboxylic acids is 2. The molecule has 0 aromatic rings. The van der Waals surface area contributed by atoms with Crippen LogP contribution in [-0.4, -0.2) is 41.0 Å². The van der Waals surface area contributed by atoms with Crippen LogP contribution in [0.3, 0.4) is 0 Å². The highest BCUT2D eigenvalue weighted by molar-refractivity contribution is 7.46. The summed E-state index contributed by atoms with van der Waals surface area (Å²) in [4.78, 5) is 42.5. The monoisotopic (exact) mass is 718 g/mol. The third kappa shape index (κ3) is 38.0. The first-order valence-corrected chi connectivity index (χ1v) is 20.5. The molecule has 0 fully saturated rings. The minimum atomic E-state index is -4.79. The molecule has 0 aromatic carbocycles. The average Bonchev–Trinajstić information content (AvgIpc) is 3.08. The summed E-state index contributed by atoms with van der Waals surface area (Å²) in [5.74, 6) is -1.21. The summed E-state index contributed by atoms with van der Waals surface area (Å²) in [6, 6.07) is 0. The molecular formula is C41H67O8P. The third-order valence-electron chi connectivity index (χ3n) is 7.50. The van der Waals surface area contributed by atoms with Crippen molar-refractivity contribution in [2.24, 2.45) is 0 Å². The van der Waals surface area contributed by atoms with Crippen LogP contribution in [0, 0.1) is 0 Å². The lowest BCUT2D eigenvalue weighted by Gasteiger charge is -2.18. The lowest BCUT2D eigenvalue weighted by atomic mass is 10.1. The maximum Gasteiger partial charge on any atom is 0.469 e. The van der Waals surface area contributed by atoms with Crippen molar-refractivity contribution in [1.29, 1.82) is 0 Å². The van der Waals surface area contributed by atoms with Crippen molar-refractivity contribution in [3.63, 3.8) is 0 Å². The van der Waals surface area contributed by atoms with E-state index in [2.05, 4.69) is 67.0 Å². The summed E-state index contributed by atoms with van der Waals surface area (Å²) in [6.07, 6.45) is 48.0. The van der Waals surface area contributed by atoms with E-state index in [9.17, 15) is 14.2 Å². The van der Waals surface area contributed by atoms with Crippen LogP contribution >= 0.6 is 7.82 Å². The quantitative estimate of drug-likeness (QED) is 0.0172. The van der Waals surface area contributed by atoms with Gasteiger partial charge in [-0.15, -0.1) is 0 Å². The number of esters is 2. The van der Waals surface area contributed by atoms with E-state index in [1.54, 1.807) is 12.2 Å². The van der Waals surface area contributed by atoms with E-state index in [4.69, 9.17) is 19.3 Å². The van der Waals surface area contributed by atoms with Crippen molar-refractivity contribution < 1.29 is 37.9 Å². The van der Waals surface area contributed by atoms with Crippen molar-refractivity contribution in [3.05, 3.63) is 85.1 Å². The Morgan fingerprint density at radius 3 is 1.64 bits per heavy atom. The number of rotatable bonds is 33. The molecule has 1 atom stereocenters. The normalized spacial score (nSPS) is 13.4. The van der Waals surface area contributed by atoms with Crippen LogP contribution in [0.1, 0.15) is 142 Å². The highest BCUT2D eigenvalue weighted by Gasteiger charge is 2.22. The summed E-state index contributed by atoms with van der Waals surface area (Å²) < 4.78 is 26.1. The van der Waals surface area contributed by atoms with Crippen LogP contribution in [-0.2, 0) is 28.2 Å². The van der Waals surface area contributed by atoms with Crippen LogP contribution in [0.25, 0.3) is 0 Å². The second-order valence-corrected chi connectivity index (χ2v) is 13.5. The minimum Gasteiger partial charge on any atom is -0.458 e. The molecule has 0 rings (SSSR count). The second kappa shape index (κ2) is 36.0. The number of phosphoric ester groups is 1. The molecule has 0 heterocycles. The minimum absolute atomic E-state index is 0.110. The first-order valence-electron chi connectivity index (χ1n) is 18.9. The molecule has 0 aliphatic carbocycles. The summed E-state index contributed by atoms with van der Waals surface area (Å²) in [6.45, 7) is 3.39. The summed E-state index contributed by atoms with van der Waals surface area (Å²) >= 11 is 0. The van der Waals surface area contributed by atoms with Gasteiger partial charge in [-0.2, -0.15) is 0 Å². The Balaban J connectivity index is 4.20. The van der Waals surface area contributed by atoms with Gasteiger partial charge in [-0.05, 0) is 57.8 Å². The SMILES string of the molecule is CC/C=C/C/C=C/C/C=C/C/C=C/C/C=C/CCCC(=O)O[C@H](COC(=O)/C=C/C=C/CCCCCCCCCCCCC)COP(=O)(O)O. The van der Waals surface area contributed by atoms with E-state index < -0.39 is 32.5 Å². The lowest BCUT2D eigenvalue weighted by Crippen LogP contribution is -2.29. The number of unbranched alkanes of at least 4 members (excludes halogenated alkanes) is 12. The Hall–Kier alpha value is -2.77. The molecule has 2 N–H and O–H groups in total. The standard InChI is InChI=1S/C41H67O8P/c1-3-5-7-9-11-13-15-17-19-20-22-24-26-28-30-32-34-36-41(43)49-39(38-48-50(44,45)46)37-47-40(42)35-33-31-29-27-25-23-21-18-16-14-12-10-8-6-4-2/h5,7,11,13,17,19,22,24,28-31,33,35,39H,3-4,6,8-10,12,14-16,18,20-21,23,25-27,32,34,36-38H2,1-2H3,(H2,44,45,46)/b7-5+,13-11+,19-17+,24-22+,30-28+,31-29+,35-33+/t39-/m1/s1. The molecule has 284 valence electrons. The van der Waals surface area contributed by atoms with Gasteiger partial charge < -0.3 is 19.3 Å². The van der Waals surface area contributed by atoms with Gasteiger partial charge in [0.15, 0.2) is 6.10 Å². The fraction of sp³-hybridized carbons (Fsp3) is 0.610. The van der Waals surface area contributed by atoms with E-state index in [1.807, 2.05) is 18.2 Å². The molecule has 0 radical (unpaired) electrons. The molecular weight excluding hydrogens is 651 g/mol. The first-order chi connectivity index (χ1) is 24.3. The maximum atomic E-state index is 12.3. The van der Waals surface area contributed by atoms with Gasteiger partial charge in [0.05, 0.1) is 6.61 Å². The van der Waals surface area contributed by atoms with E-state index in [0.717, 1.165) is 44.9 Å². The molecule has 0 unspecified atom stereocenters. The van der Waals surface area contributed by atoms with Gasteiger partial charge in [0.2, 0.25) is 0 Å². The van der Waals surface area contributed by atoms with E-state index in [-0.39, 0.29) is 13.0 Å². The molecule has 0 saturated carbocycles. The molecule has 0 aromatic heterocycles. The Labute approximate surface area is 303 Å². The molecule has 50 heavy (non-hydrogen) atoms. The topological polar surface area (TPSA) is 119 Å². The van der Waals surface area contributed by atoms with E-state index in [1.165, 1.54) is 70.3 Å². The van der Waals surface area contributed by atoms with Crippen LogP contribution in [0.5, 0.6) is 0 Å². The van der Waals surface area contributed by atoms with Crippen molar-refractivity contribution in [1.82, 2.24) is 0 Å². The summed E-state index contributed by atoms with van der Waals surface area (Å²) in [5.41, 5.74) is 0. The van der Waals surface area contributed by atoms with Gasteiger partial charge in [0.25, 0.3) is 0 Å². The molecule has 0 aliphatic heterocycles. The van der Waals surface area contributed by atoms with Gasteiger partial charge in [-0.3, -0.25) is 9.32 Å². The Morgan fingerprint density at radius 2 is 1.10 bits per heavy atom. The Morgan fingerprint density at radius 1 is 0.600 bits per heavy atom. The van der Waals surface area contributed by atoms with Gasteiger partial charge in [0.1, 0.15) is 6.61 Å². The maximum absolute atomic E-state index is 12.3. The molecule has 0 bridgehead atoms. The Bertz CT molecular complexity index is 1080. The fourth-order valence-electron chi connectivity index (χ4n) is 4.73. The van der Waals surface area contributed by atoms with Gasteiger partial charge in [-0.1, -0.05) is 157 Å². The zero-order valence-electron chi connectivity index (χ0n) is 31.0. The second-order valence-electron chi connectivity index (χ2n) is 12.2. The summed E-state index contributed by atoms with van der Waals surface area (Å²) in [7, 11) is -4.79. The number of phosphoric acid groups is 1. The number of allylic oxidation sites excluding steroid dienone is 13. The van der Waals surface area contributed by atoms with Gasteiger partial charge in [-0.25, -0.2) is 9.36 Å². The van der Waals surface area contributed by atoms with Crippen LogP contribution in [0.15, 0.2) is 85.1 Å². The molecule has 9 heteroatoms. The van der Waals surface area contributed by atoms with Gasteiger partial charge in [0, 0.05) is 12.5 Å². The zero-order valence-corrected chi connectivity index (χ0v) is 31.9. The molecule has 0 saturated heterocycles. The number of ether oxygens (including phenoxy) is 2. The predicted molar refractivity (Wildman–Crippen MR) is 207 cm³/mol. The van der Waals surface area contributed by atoms with E-state index >= 15 is 0 Å². The van der Waals surface area contributed by atoms with Crippen LogP contribution in [0.2, 0.25) is 0 Å². The van der Waals surface area contributed by atoms with Crippen molar-refractivity contribution in [3.8, 4) is 0 Å². The number of hydrogen-bond donors (Lipinski definition) is 2. The van der Waals surface area contributed by atoms with Gasteiger partial charge >= 0.3 is 19.8 Å². The third-order valence-corrected chi connectivity index (χ3v) is 7.99. The lowest BCUT2D eigenvalue weighted by molar-refractivity contribution is -0.159. The van der Waals surface area contributed by atoms with E-state index in [0.29, 0.717) is 12.8 Å². The fourth-order valence-corrected chi connectivity index (χ4v) is 5.09. The largest absolute Gasteiger partial charge is 0.469 e. The molecule has 8 nitrogen and oxygen atoms in total. The average molecular weight is 719 g/mol. The molecule has 0 aliphatic rings. The molecule has 0 spiro atoms. The van der Waals surface area contributed by atoms with Crippen LogP contribution in [0.4, 0.5) is 0 Å². The number of carbonyl (C=O) groups is 2. The van der Waals surface area contributed by atoms with Crippen molar-refractivity contribution in [2.45, 2.75) is 148 Å². The zero-order chi connectivity index (χ0) is 36.8. The molecule has 0 amide bonds. The predicted octanol–water partition coefficient (Wildman–Crippen LogP) is 11.3. The Kier molecular flexibility index (Phi) is 34.0. The highest BCUT2D eigenvalue weighted by Crippen LogP contribution is 2.35. The van der Waals surface area contributed by atoms with Crippen molar-refractivity contribution in [2.75, 3.05) is 13.2 Å².